The van der Waals surface area contributed by atoms with Crippen LogP contribution in [-0.4, -0.2) is 23.2 Å². The Hall–Kier alpha value is -2.17. The number of nitrogens with zero attached hydrogens (tertiary/aromatic N) is 3. The zero-order chi connectivity index (χ0) is 15.7. The topological polar surface area (TPSA) is 64.2 Å². The third-order valence-corrected chi connectivity index (χ3v) is 3.97. The lowest BCUT2D eigenvalue weighted by atomic mass is 10.0. The summed E-state index contributed by atoms with van der Waals surface area (Å²) < 4.78 is 0. The number of allylic oxidation sites excluding steroid dienone is 1. The largest absolute Gasteiger partial charge is 0.404 e. The highest BCUT2D eigenvalue weighted by molar-refractivity contribution is 6.39. The van der Waals surface area contributed by atoms with Crippen LogP contribution in [0.2, 0.25) is 10.3 Å². The van der Waals surface area contributed by atoms with Crippen LogP contribution in [0.15, 0.2) is 41.7 Å². The van der Waals surface area contributed by atoms with Gasteiger partial charge in [-0.2, -0.15) is 0 Å². The molecule has 0 aliphatic rings. The first-order chi connectivity index (χ1) is 10.7. The van der Waals surface area contributed by atoms with E-state index in [-0.39, 0.29) is 0 Å². The van der Waals surface area contributed by atoms with Crippen molar-refractivity contribution in [1.29, 1.82) is 0 Å². The van der Waals surface area contributed by atoms with E-state index >= 15 is 0 Å². The van der Waals surface area contributed by atoms with E-state index in [1.54, 1.807) is 25.5 Å². The maximum atomic E-state index is 6.28. The average Bonchev–Trinajstić information content (AvgIpc) is 2.52. The molecular formula is C16H12Cl2N4. The first kappa shape index (κ1) is 14.8. The van der Waals surface area contributed by atoms with Gasteiger partial charge in [0, 0.05) is 42.0 Å². The average molecular weight is 331 g/mol. The fourth-order valence-corrected chi connectivity index (χ4v) is 2.91. The summed E-state index contributed by atoms with van der Waals surface area (Å²) in [4.78, 5) is 12.5. The molecule has 0 fully saturated rings. The molecule has 110 valence electrons. The number of hydrogen-bond donors (Lipinski definition) is 1. The van der Waals surface area contributed by atoms with Crippen molar-refractivity contribution >= 4 is 56.7 Å². The van der Waals surface area contributed by atoms with Gasteiger partial charge in [0.2, 0.25) is 0 Å². The van der Waals surface area contributed by atoms with Crippen molar-refractivity contribution in [2.45, 2.75) is 0 Å². The van der Waals surface area contributed by atoms with Gasteiger partial charge in [0.05, 0.1) is 5.52 Å². The van der Waals surface area contributed by atoms with E-state index in [1.165, 1.54) is 6.20 Å². The maximum absolute atomic E-state index is 6.28. The highest BCUT2D eigenvalue weighted by atomic mass is 35.5. The smallest absolute Gasteiger partial charge is 0.139 e. The van der Waals surface area contributed by atoms with Crippen LogP contribution in [-0.2, 0) is 0 Å². The fraction of sp³-hybridized carbons (Fsp3) is 0.0625. The normalized spacial score (nSPS) is 12.6. The van der Waals surface area contributed by atoms with Crippen LogP contribution < -0.4 is 5.73 Å². The molecule has 0 amide bonds. The third-order valence-electron chi connectivity index (χ3n) is 3.39. The molecule has 0 bridgehead atoms. The molecular weight excluding hydrogens is 319 g/mol. The Kier molecular flexibility index (Phi) is 3.96. The van der Waals surface area contributed by atoms with E-state index < -0.39 is 0 Å². The summed E-state index contributed by atoms with van der Waals surface area (Å²) in [6.07, 6.45) is 4.82. The van der Waals surface area contributed by atoms with Crippen molar-refractivity contribution in [2.75, 3.05) is 7.05 Å². The lowest BCUT2D eigenvalue weighted by molar-refractivity contribution is 1.34. The number of halogens is 2. The summed E-state index contributed by atoms with van der Waals surface area (Å²) in [5.41, 5.74) is 8.11. The van der Waals surface area contributed by atoms with Gasteiger partial charge < -0.3 is 5.73 Å². The van der Waals surface area contributed by atoms with E-state index in [0.717, 1.165) is 27.3 Å². The van der Waals surface area contributed by atoms with Crippen molar-refractivity contribution in [3.63, 3.8) is 0 Å². The Bertz CT molecular complexity index is 932. The number of pyridine rings is 2. The molecule has 2 aromatic heterocycles. The lowest BCUT2D eigenvalue weighted by Crippen LogP contribution is -1.93. The summed E-state index contributed by atoms with van der Waals surface area (Å²) in [6.45, 7) is 0. The molecule has 2 heterocycles. The van der Waals surface area contributed by atoms with Gasteiger partial charge in [0.15, 0.2) is 0 Å². The van der Waals surface area contributed by atoms with Gasteiger partial charge >= 0.3 is 0 Å². The highest BCUT2D eigenvalue weighted by Gasteiger charge is 2.12. The molecule has 0 aliphatic carbocycles. The van der Waals surface area contributed by atoms with Gasteiger partial charge in [0.1, 0.15) is 10.3 Å². The molecule has 22 heavy (non-hydrogen) atoms. The third kappa shape index (κ3) is 2.40. The van der Waals surface area contributed by atoms with E-state index in [0.29, 0.717) is 15.8 Å². The van der Waals surface area contributed by atoms with Gasteiger partial charge in [-0.3, -0.25) is 4.99 Å². The molecule has 3 rings (SSSR count). The first-order valence-corrected chi connectivity index (χ1v) is 7.29. The van der Waals surface area contributed by atoms with E-state index in [4.69, 9.17) is 28.9 Å². The summed E-state index contributed by atoms with van der Waals surface area (Å²) in [6, 6.07) is 7.58. The fourth-order valence-electron chi connectivity index (χ4n) is 2.40. The predicted octanol–water partition coefficient (Wildman–Crippen LogP) is 4.09. The second-order valence-corrected chi connectivity index (χ2v) is 5.38. The quantitative estimate of drug-likeness (QED) is 0.437. The summed E-state index contributed by atoms with van der Waals surface area (Å²) in [5.74, 6) is 0. The van der Waals surface area contributed by atoms with Gasteiger partial charge in [0.25, 0.3) is 0 Å². The number of hydrogen-bond acceptors (Lipinski definition) is 4. The van der Waals surface area contributed by atoms with Crippen LogP contribution in [0.5, 0.6) is 0 Å². The van der Waals surface area contributed by atoms with Crippen molar-refractivity contribution in [3.05, 3.63) is 52.5 Å². The minimum absolute atomic E-state index is 0.395. The van der Waals surface area contributed by atoms with Gasteiger partial charge in [-0.25, -0.2) is 9.97 Å². The maximum Gasteiger partial charge on any atom is 0.139 e. The van der Waals surface area contributed by atoms with Gasteiger partial charge in [-0.15, -0.1) is 0 Å². The SMILES string of the molecule is CN=C/C(=C\N)c1ccc2c(Cl)nc3ccnc(Cl)c3c2c1. The second-order valence-electron chi connectivity index (χ2n) is 4.67. The van der Waals surface area contributed by atoms with Crippen LogP contribution in [0.3, 0.4) is 0 Å². The number of benzene rings is 1. The minimum Gasteiger partial charge on any atom is -0.404 e. The number of nitrogens with two attached hydrogens (primary N) is 1. The molecule has 1 aromatic carbocycles. The van der Waals surface area contributed by atoms with Crippen molar-refractivity contribution in [1.82, 2.24) is 9.97 Å². The number of rotatable bonds is 2. The summed E-state index contributed by atoms with van der Waals surface area (Å²) in [7, 11) is 1.70. The molecule has 0 saturated heterocycles. The van der Waals surface area contributed by atoms with E-state index in [1.807, 2.05) is 18.2 Å². The zero-order valence-corrected chi connectivity index (χ0v) is 13.2. The monoisotopic (exact) mass is 330 g/mol. The Morgan fingerprint density at radius 2 is 2.00 bits per heavy atom. The van der Waals surface area contributed by atoms with Crippen molar-refractivity contribution < 1.29 is 0 Å². The Morgan fingerprint density at radius 3 is 2.73 bits per heavy atom. The predicted molar refractivity (Wildman–Crippen MR) is 93.6 cm³/mol. The molecule has 3 aromatic rings. The molecule has 0 atom stereocenters. The van der Waals surface area contributed by atoms with Crippen molar-refractivity contribution in [2.24, 2.45) is 10.7 Å². The molecule has 4 nitrogen and oxygen atoms in total. The molecule has 6 heteroatoms. The number of aliphatic imine (C=N–C) groups is 1. The van der Waals surface area contributed by atoms with Crippen LogP contribution in [0.4, 0.5) is 0 Å². The highest BCUT2D eigenvalue weighted by Crippen LogP contribution is 2.33. The Labute approximate surface area is 137 Å². The molecule has 0 radical (unpaired) electrons. The Morgan fingerprint density at radius 1 is 1.18 bits per heavy atom. The molecule has 2 N–H and O–H groups in total. The molecule has 0 unspecified atom stereocenters. The van der Waals surface area contributed by atoms with Crippen LogP contribution in [0.1, 0.15) is 5.56 Å². The lowest BCUT2D eigenvalue weighted by Gasteiger charge is -2.09. The molecule has 0 spiro atoms. The summed E-state index contributed by atoms with van der Waals surface area (Å²) >= 11 is 12.5. The number of fused-ring (bicyclic) bond motifs is 3. The molecule has 0 saturated carbocycles. The van der Waals surface area contributed by atoms with Gasteiger partial charge in [-0.05, 0) is 23.1 Å². The summed E-state index contributed by atoms with van der Waals surface area (Å²) in [5, 5.41) is 3.30. The van der Waals surface area contributed by atoms with Crippen LogP contribution in [0.25, 0.3) is 27.2 Å². The van der Waals surface area contributed by atoms with Crippen LogP contribution >= 0.6 is 23.2 Å². The molecule has 0 aliphatic heterocycles. The Balaban J connectivity index is 2.42. The standard InChI is InChI=1S/C16H12Cl2N4/c1-20-8-10(7-19)9-2-3-11-12(6-9)14-13(22-15(11)17)4-5-21-16(14)18/h2-8H,19H2,1H3/b10-7+,20-8?. The zero-order valence-electron chi connectivity index (χ0n) is 11.7. The first-order valence-electron chi connectivity index (χ1n) is 6.53. The van der Waals surface area contributed by atoms with Crippen LogP contribution in [0, 0.1) is 0 Å². The van der Waals surface area contributed by atoms with E-state index in [2.05, 4.69) is 15.0 Å². The van der Waals surface area contributed by atoms with E-state index in [9.17, 15) is 0 Å². The second kappa shape index (κ2) is 5.91. The van der Waals surface area contributed by atoms with Gasteiger partial charge in [-0.1, -0.05) is 35.3 Å². The van der Waals surface area contributed by atoms with Crippen molar-refractivity contribution in [3.8, 4) is 0 Å². The minimum atomic E-state index is 0.395. The number of aromatic nitrogens is 2.